The Balaban J connectivity index is 1.75. The zero-order valence-corrected chi connectivity index (χ0v) is 17.2. The number of aryl methyl sites for hydroxylation is 1. The van der Waals surface area contributed by atoms with Crippen LogP contribution >= 0.6 is 0 Å². The van der Waals surface area contributed by atoms with Crippen molar-refractivity contribution < 1.29 is 4.52 Å². The first-order valence-electron chi connectivity index (χ1n) is 10.2. The maximum absolute atomic E-state index is 13.2. The van der Waals surface area contributed by atoms with Crippen LogP contribution in [0, 0.1) is 6.92 Å². The molecule has 154 valence electrons. The van der Waals surface area contributed by atoms with Gasteiger partial charge in [0.25, 0.3) is 5.56 Å². The molecule has 0 saturated carbocycles. The molecule has 0 unspecified atom stereocenters. The van der Waals surface area contributed by atoms with Crippen molar-refractivity contribution in [3.05, 3.63) is 80.8 Å². The molecule has 0 saturated heterocycles. The molecule has 7 heteroatoms. The average Bonchev–Trinajstić information content (AvgIpc) is 3.22. The van der Waals surface area contributed by atoms with Crippen LogP contribution in [0.2, 0.25) is 0 Å². The monoisotopic (exact) mass is 404 g/mol. The summed E-state index contributed by atoms with van der Waals surface area (Å²) >= 11 is 0. The van der Waals surface area contributed by atoms with E-state index in [9.17, 15) is 9.59 Å². The van der Waals surface area contributed by atoms with Gasteiger partial charge >= 0.3 is 5.69 Å². The van der Waals surface area contributed by atoms with Crippen LogP contribution in [-0.2, 0) is 13.1 Å². The van der Waals surface area contributed by atoms with Gasteiger partial charge in [-0.2, -0.15) is 4.98 Å². The normalized spacial score (nSPS) is 11.3. The number of nitrogens with zero attached hydrogens (tertiary/aromatic N) is 4. The van der Waals surface area contributed by atoms with E-state index >= 15 is 0 Å². The minimum absolute atomic E-state index is 0.103. The van der Waals surface area contributed by atoms with Gasteiger partial charge in [-0.3, -0.25) is 13.9 Å². The Morgan fingerprint density at radius 2 is 1.83 bits per heavy atom. The molecular weight excluding hydrogens is 380 g/mol. The summed E-state index contributed by atoms with van der Waals surface area (Å²) in [5.41, 5.74) is 1.90. The molecule has 0 aliphatic carbocycles. The van der Waals surface area contributed by atoms with Crippen LogP contribution in [0.15, 0.2) is 62.6 Å². The van der Waals surface area contributed by atoms with Crippen LogP contribution in [0.5, 0.6) is 0 Å². The predicted octanol–water partition coefficient (Wildman–Crippen LogP) is 3.76. The van der Waals surface area contributed by atoms with E-state index in [1.165, 1.54) is 9.13 Å². The summed E-state index contributed by atoms with van der Waals surface area (Å²) in [6.07, 6.45) is 2.75. The minimum atomic E-state index is -0.356. The Morgan fingerprint density at radius 3 is 2.63 bits per heavy atom. The van der Waals surface area contributed by atoms with Crippen molar-refractivity contribution in [3.63, 3.8) is 0 Å². The van der Waals surface area contributed by atoms with E-state index < -0.39 is 0 Å². The highest BCUT2D eigenvalue weighted by Gasteiger charge is 2.16. The number of aromatic nitrogens is 4. The highest BCUT2D eigenvalue weighted by atomic mass is 16.5. The number of hydrogen-bond acceptors (Lipinski definition) is 5. The molecule has 30 heavy (non-hydrogen) atoms. The second kappa shape index (κ2) is 8.49. The maximum atomic E-state index is 13.2. The Hall–Kier alpha value is -3.48. The van der Waals surface area contributed by atoms with Crippen molar-refractivity contribution in [3.8, 4) is 11.4 Å². The van der Waals surface area contributed by atoms with Gasteiger partial charge in [-0.1, -0.05) is 60.8 Å². The Bertz CT molecular complexity index is 1300. The molecule has 2 heterocycles. The number of fused-ring (bicyclic) bond motifs is 1. The lowest BCUT2D eigenvalue weighted by molar-refractivity contribution is 0.369. The van der Waals surface area contributed by atoms with Gasteiger partial charge < -0.3 is 4.52 Å². The minimum Gasteiger partial charge on any atom is -0.337 e. The molecule has 0 fully saturated rings. The topological polar surface area (TPSA) is 82.9 Å². The second-order valence-electron chi connectivity index (χ2n) is 7.43. The Morgan fingerprint density at radius 1 is 1.00 bits per heavy atom. The van der Waals surface area contributed by atoms with Crippen LogP contribution < -0.4 is 11.2 Å². The molecule has 7 nitrogen and oxygen atoms in total. The Labute approximate surface area is 173 Å². The van der Waals surface area contributed by atoms with Gasteiger partial charge in [-0.15, -0.1) is 0 Å². The van der Waals surface area contributed by atoms with E-state index in [1.54, 1.807) is 18.2 Å². The summed E-state index contributed by atoms with van der Waals surface area (Å²) in [7, 11) is 0. The van der Waals surface area contributed by atoms with Crippen molar-refractivity contribution >= 4 is 10.9 Å². The molecule has 0 N–H and O–H groups in total. The first kappa shape index (κ1) is 19.8. The van der Waals surface area contributed by atoms with Crippen LogP contribution in [0.25, 0.3) is 22.3 Å². The van der Waals surface area contributed by atoms with Gasteiger partial charge in [0.1, 0.15) is 6.54 Å². The molecule has 0 aliphatic rings. The van der Waals surface area contributed by atoms with E-state index in [-0.39, 0.29) is 17.8 Å². The van der Waals surface area contributed by atoms with Gasteiger partial charge in [-0.05, 0) is 31.5 Å². The zero-order chi connectivity index (χ0) is 21.1. The fourth-order valence-electron chi connectivity index (χ4n) is 3.60. The lowest BCUT2D eigenvalue weighted by atomic mass is 10.1. The molecule has 0 amide bonds. The summed E-state index contributed by atoms with van der Waals surface area (Å²) in [6.45, 7) is 4.59. The average molecular weight is 404 g/mol. The SMILES string of the molecule is CCCCCn1c(=O)c2ccccc2n(Cc2nc(-c3cccc(C)c3)no2)c1=O. The van der Waals surface area contributed by atoms with E-state index in [1.807, 2.05) is 37.3 Å². The lowest BCUT2D eigenvalue weighted by Gasteiger charge is -2.12. The highest BCUT2D eigenvalue weighted by molar-refractivity contribution is 5.77. The van der Waals surface area contributed by atoms with Crippen LogP contribution in [-0.4, -0.2) is 19.3 Å². The highest BCUT2D eigenvalue weighted by Crippen LogP contribution is 2.18. The summed E-state index contributed by atoms with van der Waals surface area (Å²) in [5, 5.41) is 4.57. The van der Waals surface area contributed by atoms with E-state index in [0.29, 0.717) is 29.2 Å². The van der Waals surface area contributed by atoms with E-state index in [0.717, 1.165) is 30.4 Å². The molecule has 0 spiro atoms. The fraction of sp³-hybridized carbons (Fsp3) is 0.304. The van der Waals surface area contributed by atoms with Gasteiger partial charge in [0.15, 0.2) is 0 Å². The van der Waals surface area contributed by atoms with Gasteiger partial charge in [0.2, 0.25) is 11.7 Å². The first-order valence-corrected chi connectivity index (χ1v) is 10.2. The fourth-order valence-corrected chi connectivity index (χ4v) is 3.60. The largest absolute Gasteiger partial charge is 0.337 e. The van der Waals surface area contributed by atoms with Crippen molar-refractivity contribution in [1.29, 1.82) is 0 Å². The first-order chi connectivity index (χ1) is 14.6. The molecular formula is C23H24N4O3. The third-order valence-corrected chi connectivity index (χ3v) is 5.16. The molecule has 2 aromatic carbocycles. The van der Waals surface area contributed by atoms with Crippen LogP contribution in [0.1, 0.15) is 37.6 Å². The number of unbranched alkanes of at least 4 members (excludes halogenated alkanes) is 2. The lowest BCUT2D eigenvalue weighted by Crippen LogP contribution is -2.40. The van der Waals surface area contributed by atoms with Gasteiger partial charge in [0.05, 0.1) is 10.9 Å². The number of benzene rings is 2. The predicted molar refractivity (Wildman–Crippen MR) is 116 cm³/mol. The van der Waals surface area contributed by atoms with Crippen molar-refractivity contribution in [2.24, 2.45) is 0 Å². The zero-order valence-electron chi connectivity index (χ0n) is 17.2. The summed E-state index contributed by atoms with van der Waals surface area (Å²) in [6, 6.07) is 15.0. The maximum Gasteiger partial charge on any atom is 0.331 e. The number of hydrogen-bond donors (Lipinski definition) is 0. The molecule has 2 aromatic heterocycles. The third kappa shape index (κ3) is 3.83. The molecule has 0 radical (unpaired) electrons. The molecule has 0 aliphatic heterocycles. The van der Waals surface area contributed by atoms with Crippen LogP contribution in [0.3, 0.4) is 0 Å². The van der Waals surface area contributed by atoms with Crippen molar-refractivity contribution in [2.45, 2.75) is 46.2 Å². The molecule has 4 aromatic rings. The third-order valence-electron chi connectivity index (χ3n) is 5.16. The summed E-state index contributed by atoms with van der Waals surface area (Å²) in [5.74, 6) is 0.792. The van der Waals surface area contributed by atoms with Crippen molar-refractivity contribution in [1.82, 2.24) is 19.3 Å². The molecule has 4 rings (SSSR count). The molecule has 0 bridgehead atoms. The standard InChI is InChI=1S/C23H24N4O3/c1-3-4-7-13-26-22(28)18-11-5-6-12-19(18)27(23(26)29)15-20-24-21(25-30-20)17-10-8-9-16(2)14-17/h5-6,8-12,14H,3-4,7,13,15H2,1-2H3. The van der Waals surface area contributed by atoms with E-state index in [2.05, 4.69) is 17.1 Å². The van der Waals surface area contributed by atoms with Crippen molar-refractivity contribution in [2.75, 3.05) is 0 Å². The smallest absolute Gasteiger partial charge is 0.331 e. The van der Waals surface area contributed by atoms with Crippen LogP contribution in [0.4, 0.5) is 0 Å². The Kier molecular flexibility index (Phi) is 5.61. The van der Waals surface area contributed by atoms with E-state index in [4.69, 9.17) is 4.52 Å². The summed E-state index contributed by atoms with van der Waals surface area (Å²) in [4.78, 5) is 30.5. The quantitative estimate of drug-likeness (QED) is 0.438. The van der Waals surface area contributed by atoms with Gasteiger partial charge in [0, 0.05) is 12.1 Å². The molecule has 0 atom stereocenters. The van der Waals surface area contributed by atoms with Gasteiger partial charge in [-0.25, -0.2) is 4.79 Å². The summed E-state index contributed by atoms with van der Waals surface area (Å²) < 4.78 is 8.28. The number of rotatable bonds is 7. The number of para-hydroxylation sites is 1. The second-order valence-corrected chi connectivity index (χ2v) is 7.43.